The lowest BCUT2D eigenvalue weighted by Gasteiger charge is -2.16. The van der Waals surface area contributed by atoms with E-state index in [1.165, 1.54) is 4.68 Å². The number of benzene rings is 1. The summed E-state index contributed by atoms with van der Waals surface area (Å²) in [7, 11) is 0. The van der Waals surface area contributed by atoms with E-state index < -0.39 is 35.3 Å². The van der Waals surface area contributed by atoms with Crippen LogP contribution in [0.5, 0.6) is 5.75 Å². The van der Waals surface area contributed by atoms with Gasteiger partial charge in [-0.15, -0.1) is 0 Å². The summed E-state index contributed by atoms with van der Waals surface area (Å²) >= 11 is 0. The van der Waals surface area contributed by atoms with E-state index in [2.05, 4.69) is 5.32 Å². The third-order valence-corrected chi connectivity index (χ3v) is 5.42. The van der Waals surface area contributed by atoms with Gasteiger partial charge in [0, 0.05) is 5.69 Å². The van der Waals surface area contributed by atoms with Gasteiger partial charge in [0.25, 0.3) is 11.5 Å². The molecule has 0 saturated carbocycles. The van der Waals surface area contributed by atoms with Crippen LogP contribution in [-0.2, 0) is 24.2 Å². The Kier molecular flexibility index (Phi) is 4.62. The van der Waals surface area contributed by atoms with Crippen LogP contribution in [-0.4, -0.2) is 37.8 Å². The van der Waals surface area contributed by atoms with Gasteiger partial charge in [0.15, 0.2) is 5.75 Å². The predicted molar refractivity (Wildman–Crippen MR) is 106 cm³/mol. The number of aromatic nitrogens is 2. The van der Waals surface area contributed by atoms with Crippen molar-refractivity contribution in [2.75, 3.05) is 6.54 Å². The second-order valence-electron chi connectivity index (χ2n) is 7.20. The van der Waals surface area contributed by atoms with Gasteiger partial charge in [0.2, 0.25) is 0 Å². The highest BCUT2D eigenvalue weighted by Crippen LogP contribution is 2.36. The number of aryl methyl sites for hydroxylation is 2. The van der Waals surface area contributed by atoms with Crippen molar-refractivity contribution in [3.63, 3.8) is 0 Å². The number of carboxylic acid groups (broad SMARTS) is 1. The minimum Gasteiger partial charge on any atom is -0.505 e. The summed E-state index contributed by atoms with van der Waals surface area (Å²) < 4.78 is 3.14. The molecule has 1 aliphatic carbocycles. The highest BCUT2D eigenvalue weighted by Gasteiger charge is 2.30. The molecule has 0 bridgehead atoms. The Labute approximate surface area is 166 Å². The van der Waals surface area contributed by atoms with E-state index in [-0.39, 0.29) is 6.54 Å². The van der Waals surface area contributed by atoms with Crippen LogP contribution in [0, 0.1) is 6.92 Å². The van der Waals surface area contributed by atoms with Gasteiger partial charge in [-0.1, -0.05) is 30.3 Å². The highest BCUT2D eigenvalue weighted by atomic mass is 16.4. The molecule has 0 radical (unpaired) electrons. The van der Waals surface area contributed by atoms with Crippen molar-refractivity contribution >= 4 is 17.4 Å². The number of hydrogen-bond acceptors (Lipinski definition) is 4. The average molecular weight is 395 g/mol. The molecule has 0 aliphatic heterocycles. The Hall–Kier alpha value is -3.55. The molecule has 0 saturated heterocycles. The number of carboxylic acids is 1. The molecule has 150 valence electrons. The van der Waals surface area contributed by atoms with E-state index >= 15 is 0 Å². The number of amides is 1. The molecule has 2 aromatic heterocycles. The van der Waals surface area contributed by atoms with Gasteiger partial charge < -0.3 is 15.5 Å². The number of carbonyl (C=O) groups excluding carboxylic acids is 1. The minimum absolute atomic E-state index is 0.212. The van der Waals surface area contributed by atoms with Gasteiger partial charge in [-0.05, 0) is 42.9 Å². The molecule has 29 heavy (non-hydrogen) atoms. The fourth-order valence-electron chi connectivity index (χ4n) is 4.16. The highest BCUT2D eigenvalue weighted by molar-refractivity contribution is 6.00. The van der Waals surface area contributed by atoms with Gasteiger partial charge in [-0.2, -0.15) is 0 Å². The number of rotatable bonds is 5. The molecule has 1 aromatic carbocycles. The Morgan fingerprint density at radius 3 is 2.52 bits per heavy atom. The van der Waals surface area contributed by atoms with Crippen LogP contribution in [0.25, 0.3) is 5.52 Å². The molecule has 0 unspecified atom stereocenters. The van der Waals surface area contributed by atoms with Crippen molar-refractivity contribution in [3.05, 3.63) is 68.6 Å². The zero-order valence-corrected chi connectivity index (χ0v) is 15.9. The van der Waals surface area contributed by atoms with Crippen LogP contribution >= 0.6 is 0 Å². The van der Waals surface area contributed by atoms with E-state index in [1.54, 1.807) is 4.52 Å². The van der Waals surface area contributed by atoms with Crippen molar-refractivity contribution in [3.8, 4) is 5.75 Å². The topological polar surface area (TPSA) is 113 Å². The van der Waals surface area contributed by atoms with Crippen LogP contribution in [0.15, 0.2) is 35.1 Å². The zero-order valence-electron chi connectivity index (χ0n) is 15.9. The van der Waals surface area contributed by atoms with Crippen molar-refractivity contribution < 1.29 is 19.8 Å². The first kappa shape index (κ1) is 18.8. The lowest BCUT2D eigenvalue weighted by atomic mass is 10.1. The first-order valence-electron chi connectivity index (χ1n) is 9.43. The lowest BCUT2D eigenvalue weighted by molar-refractivity contribution is -0.135. The predicted octanol–water partition coefficient (Wildman–Crippen LogP) is 1.47. The molecule has 0 spiro atoms. The Morgan fingerprint density at radius 2 is 1.83 bits per heavy atom. The third-order valence-electron chi connectivity index (χ3n) is 5.42. The Morgan fingerprint density at radius 1 is 1.14 bits per heavy atom. The number of aromatic hydroxyl groups is 1. The molecule has 4 rings (SSSR count). The maximum atomic E-state index is 13.2. The number of nitrogens with zero attached hydrogens (tertiary/aromatic N) is 2. The van der Waals surface area contributed by atoms with Crippen molar-refractivity contribution in [1.82, 2.24) is 14.5 Å². The molecular weight excluding hydrogens is 374 g/mol. The lowest BCUT2D eigenvalue weighted by Crippen LogP contribution is -2.38. The van der Waals surface area contributed by atoms with Crippen LogP contribution < -0.4 is 10.9 Å². The van der Waals surface area contributed by atoms with Crippen LogP contribution in [0.1, 0.15) is 39.2 Å². The quantitative estimate of drug-likeness (QED) is 0.605. The third kappa shape index (κ3) is 3.06. The second kappa shape index (κ2) is 7.12. The second-order valence-corrected chi connectivity index (χ2v) is 7.20. The van der Waals surface area contributed by atoms with Gasteiger partial charge in [-0.25, -0.2) is 4.68 Å². The molecule has 3 aromatic rings. The Bertz CT molecular complexity index is 1190. The minimum atomic E-state index is -1.23. The van der Waals surface area contributed by atoms with Gasteiger partial charge in [0.05, 0.1) is 6.54 Å². The molecule has 8 nitrogen and oxygen atoms in total. The largest absolute Gasteiger partial charge is 0.505 e. The van der Waals surface area contributed by atoms with E-state index in [0.717, 1.165) is 41.6 Å². The maximum Gasteiger partial charge on any atom is 0.322 e. The van der Waals surface area contributed by atoms with E-state index in [4.69, 9.17) is 5.11 Å². The van der Waals surface area contributed by atoms with Crippen molar-refractivity contribution in [2.45, 2.75) is 32.7 Å². The standard InChI is InChI=1S/C21H21N3O5/c1-12-14-8-5-9-15(14)18-19(27)17(20(28)22-10-16(25)26)21(29)23(24(12)18)11-13-6-3-2-4-7-13/h2-4,6-7,27H,5,8-11H2,1H3,(H,22,28)(H,25,26). The smallest absolute Gasteiger partial charge is 0.322 e. The van der Waals surface area contributed by atoms with Crippen molar-refractivity contribution in [1.29, 1.82) is 0 Å². The monoisotopic (exact) mass is 395 g/mol. The molecular formula is C21H21N3O5. The SMILES string of the molecule is Cc1c2c(c3c(O)c(C(=O)NCC(=O)O)c(=O)n(Cc4ccccc4)n13)CCC2. The normalized spacial score (nSPS) is 12.9. The van der Waals surface area contributed by atoms with Crippen LogP contribution in [0.3, 0.4) is 0 Å². The fraction of sp³-hybridized carbons (Fsp3) is 0.286. The summed E-state index contributed by atoms with van der Waals surface area (Å²) in [6, 6.07) is 9.35. The number of nitrogens with one attached hydrogen (secondary N) is 1. The van der Waals surface area contributed by atoms with Gasteiger partial charge in [-0.3, -0.25) is 18.9 Å². The number of hydrogen-bond donors (Lipinski definition) is 3. The summed E-state index contributed by atoms with van der Waals surface area (Å²) in [4.78, 5) is 36.7. The molecule has 0 atom stereocenters. The summed E-state index contributed by atoms with van der Waals surface area (Å²) in [5, 5.41) is 21.9. The fourth-order valence-corrected chi connectivity index (χ4v) is 4.16. The summed E-state index contributed by atoms with van der Waals surface area (Å²) in [5.41, 5.74) is 3.12. The average Bonchev–Trinajstić information content (AvgIpc) is 3.27. The summed E-state index contributed by atoms with van der Waals surface area (Å²) in [6.45, 7) is 1.48. The maximum absolute atomic E-state index is 13.2. The zero-order chi connectivity index (χ0) is 20.7. The van der Waals surface area contributed by atoms with Crippen molar-refractivity contribution in [2.24, 2.45) is 0 Å². The van der Waals surface area contributed by atoms with Gasteiger partial charge in [0.1, 0.15) is 17.6 Å². The number of carbonyl (C=O) groups is 2. The molecule has 0 fully saturated rings. The van der Waals surface area contributed by atoms with Gasteiger partial charge >= 0.3 is 5.97 Å². The summed E-state index contributed by atoms with van der Waals surface area (Å²) in [6.07, 6.45) is 2.54. The number of aliphatic carboxylic acids is 1. The first-order chi connectivity index (χ1) is 13.9. The molecule has 1 aliphatic rings. The van der Waals surface area contributed by atoms with Crippen LogP contribution in [0.4, 0.5) is 0 Å². The molecule has 1 amide bonds. The van der Waals surface area contributed by atoms with E-state index in [1.807, 2.05) is 37.3 Å². The number of fused-ring (bicyclic) bond motifs is 3. The first-order valence-corrected chi connectivity index (χ1v) is 9.43. The Balaban J connectivity index is 1.98. The molecule has 3 N–H and O–H groups in total. The summed E-state index contributed by atoms with van der Waals surface area (Å²) in [5.74, 6) is -2.53. The van der Waals surface area contributed by atoms with E-state index in [0.29, 0.717) is 5.52 Å². The molecule has 8 heteroatoms. The van der Waals surface area contributed by atoms with E-state index in [9.17, 15) is 19.5 Å². The molecule has 2 heterocycles. The van der Waals surface area contributed by atoms with Crippen LogP contribution in [0.2, 0.25) is 0 Å².